The first-order valence-electron chi connectivity index (χ1n) is 13.7. The lowest BCUT2D eigenvalue weighted by Gasteiger charge is -2.30. The van der Waals surface area contributed by atoms with E-state index in [1.165, 1.54) is 12.7 Å². The molecule has 246 valence electrons. The number of aliphatic hydroxyl groups excluding tert-OH is 1. The number of halogens is 1. The normalized spacial score (nSPS) is 41.0. The molecule has 24 heteroatoms. The van der Waals surface area contributed by atoms with E-state index in [-0.39, 0.29) is 29.4 Å². The van der Waals surface area contributed by atoms with E-state index >= 15 is 4.39 Å². The van der Waals surface area contributed by atoms with Gasteiger partial charge in [0, 0.05) is 5.41 Å². The molecule has 0 aromatic carbocycles. The quantitative estimate of drug-likeness (QED) is 0.120. The van der Waals surface area contributed by atoms with Gasteiger partial charge in [0.25, 0.3) is 5.56 Å². The number of nitrogens with zero attached hydrogens (tertiary/aromatic N) is 7. The number of phosphoric ester groups is 1. The van der Waals surface area contributed by atoms with Crippen molar-refractivity contribution in [1.29, 1.82) is 0 Å². The molecule has 2 aliphatic carbocycles. The van der Waals surface area contributed by atoms with Crippen LogP contribution in [0.1, 0.15) is 18.7 Å². The molecule has 4 aromatic heterocycles. The number of rotatable bonds is 2. The van der Waals surface area contributed by atoms with E-state index in [0.29, 0.717) is 11.2 Å². The van der Waals surface area contributed by atoms with E-state index in [4.69, 9.17) is 34.3 Å². The van der Waals surface area contributed by atoms with Crippen molar-refractivity contribution in [3.63, 3.8) is 0 Å². The van der Waals surface area contributed by atoms with Crippen molar-refractivity contribution in [3.05, 3.63) is 29.3 Å². The number of nitrogens with one attached hydrogen (secondary N) is 1. The Morgan fingerprint density at radius 1 is 1.09 bits per heavy atom. The predicted molar refractivity (Wildman–Crippen MR) is 155 cm³/mol. The molecule has 4 aromatic rings. The first-order valence-corrected chi connectivity index (χ1v) is 17.9. The molecule has 2 aliphatic heterocycles. The van der Waals surface area contributed by atoms with Crippen molar-refractivity contribution in [1.82, 2.24) is 39.0 Å². The van der Waals surface area contributed by atoms with Crippen LogP contribution in [0.2, 0.25) is 0 Å². The summed E-state index contributed by atoms with van der Waals surface area (Å²) < 4.78 is 73.3. The van der Waals surface area contributed by atoms with Gasteiger partial charge in [-0.15, -0.1) is 0 Å². The van der Waals surface area contributed by atoms with Gasteiger partial charge in [0.2, 0.25) is 5.95 Å². The minimum Gasteiger partial charge on any atom is -0.388 e. The fourth-order valence-electron chi connectivity index (χ4n) is 6.78. The van der Waals surface area contributed by atoms with Gasteiger partial charge in [-0.2, -0.15) is 4.98 Å². The second-order valence-corrected chi connectivity index (χ2v) is 15.8. The number of H-pyrrole nitrogens is 1. The van der Waals surface area contributed by atoms with Gasteiger partial charge in [-0.3, -0.25) is 32.4 Å². The Labute approximate surface area is 260 Å². The van der Waals surface area contributed by atoms with Gasteiger partial charge in [-0.1, -0.05) is 12.2 Å². The standard InChI is InChI=1S/C22H25FN10O10P2S/c23-9-8-2-39-45(38,46)43-15-13(34)12(32-5-28-10-16(24)26-4-27-17(10)32)7-1-22(7,15)3-40-44(36,37)42-14(9)20(41-8)33-6-29-11-18(33)30-21(25)31-19(11)35/h4-9,12-15,20,34H,1-3H2,(H,36,37)(H,38,46)(H2,24,26,27)(H3,25,30,31,35)/t7?,8-,9-,12-,13+,14-,15+,20-,22-,45-/m1/s1. The molecule has 0 amide bonds. The van der Waals surface area contributed by atoms with Gasteiger partial charge >= 0.3 is 14.6 Å². The molecule has 20 nitrogen and oxygen atoms in total. The van der Waals surface area contributed by atoms with Crippen molar-refractivity contribution < 1.29 is 46.4 Å². The van der Waals surface area contributed by atoms with E-state index < -0.39 is 87.6 Å². The van der Waals surface area contributed by atoms with Crippen LogP contribution in [0.15, 0.2) is 23.8 Å². The summed E-state index contributed by atoms with van der Waals surface area (Å²) in [6.07, 6.45) is -5.73. The molecule has 4 fully saturated rings. The number of anilines is 2. The third kappa shape index (κ3) is 4.62. The largest absolute Gasteiger partial charge is 0.472 e. The number of aromatic amines is 1. The Kier molecular flexibility index (Phi) is 6.74. The van der Waals surface area contributed by atoms with Crippen molar-refractivity contribution in [2.45, 2.75) is 49.3 Å². The van der Waals surface area contributed by atoms with Gasteiger partial charge in [0.05, 0.1) is 31.9 Å². The molecule has 1 spiro atoms. The van der Waals surface area contributed by atoms with Crippen molar-refractivity contribution in [2.75, 3.05) is 24.7 Å². The maximum absolute atomic E-state index is 15.9. The Morgan fingerprint density at radius 3 is 2.65 bits per heavy atom. The van der Waals surface area contributed by atoms with Gasteiger partial charge < -0.3 is 30.8 Å². The Hall–Kier alpha value is -3.04. The van der Waals surface area contributed by atoms with Gasteiger partial charge in [-0.25, -0.2) is 33.5 Å². The molecule has 2 saturated heterocycles. The SMILES string of the molecule is Nc1nc2c(ncn2[C@@H]2O[C@@H]3CO[P@@](=O)(S)O[C@H]4[C@@H](O)[C@H](n5cnc6c(N)ncnc65)C5C[C@@]54COP(=O)(O)O[C@@H]2[C@@H]3F)c(=O)[nH]1. The van der Waals surface area contributed by atoms with Crippen molar-refractivity contribution in [2.24, 2.45) is 11.3 Å². The number of aromatic nitrogens is 8. The summed E-state index contributed by atoms with van der Waals surface area (Å²) >= 11 is 4.08. The monoisotopic (exact) mass is 702 g/mol. The lowest BCUT2D eigenvalue weighted by atomic mass is 10.0. The van der Waals surface area contributed by atoms with Crippen LogP contribution >= 0.6 is 26.9 Å². The summed E-state index contributed by atoms with van der Waals surface area (Å²) in [7, 11) is -5.09. The zero-order valence-corrected chi connectivity index (χ0v) is 25.8. The smallest absolute Gasteiger partial charge is 0.388 e. The van der Waals surface area contributed by atoms with E-state index in [9.17, 15) is 23.9 Å². The summed E-state index contributed by atoms with van der Waals surface area (Å²) in [5.41, 5.74) is 10.0. The Morgan fingerprint density at radius 2 is 1.85 bits per heavy atom. The molecule has 11 atom stereocenters. The molecule has 2 unspecified atom stereocenters. The topological polar surface area (TPSA) is 280 Å². The van der Waals surface area contributed by atoms with Crippen LogP contribution < -0.4 is 17.0 Å². The van der Waals surface area contributed by atoms with Crippen LogP contribution in [-0.4, -0.2) is 92.8 Å². The number of phosphoric acid groups is 1. The molecular weight excluding hydrogens is 677 g/mol. The Bertz CT molecular complexity index is 2050. The maximum Gasteiger partial charge on any atom is 0.472 e. The van der Waals surface area contributed by atoms with E-state index in [0.717, 1.165) is 10.9 Å². The highest BCUT2D eigenvalue weighted by molar-refractivity contribution is 8.44. The number of ether oxygens (including phenoxy) is 1. The molecule has 46 heavy (non-hydrogen) atoms. The average Bonchev–Trinajstić information content (AvgIpc) is 3.26. The molecule has 0 radical (unpaired) electrons. The fraction of sp³-hybridized carbons (Fsp3) is 0.545. The number of thiol groups is 1. The molecule has 2 bridgehead atoms. The molecule has 7 N–H and O–H groups in total. The first-order chi connectivity index (χ1) is 21.8. The number of hydrogen-bond donors (Lipinski definition) is 6. The zero-order valence-electron chi connectivity index (χ0n) is 23.1. The number of aliphatic hydroxyl groups is 1. The lowest BCUT2D eigenvalue weighted by Crippen LogP contribution is -2.37. The van der Waals surface area contributed by atoms with Crippen molar-refractivity contribution in [3.8, 4) is 0 Å². The summed E-state index contributed by atoms with van der Waals surface area (Å²) in [6, 6.07) is -0.773. The zero-order chi connectivity index (χ0) is 32.3. The lowest BCUT2D eigenvalue weighted by molar-refractivity contribution is -0.0586. The van der Waals surface area contributed by atoms with E-state index in [1.54, 1.807) is 4.57 Å². The van der Waals surface area contributed by atoms with E-state index in [2.05, 4.69) is 42.2 Å². The second kappa shape index (κ2) is 10.2. The van der Waals surface area contributed by atoms with Crippen LogP contribution in [0.3, 0.4) is 0 Å². The van der Waals surface area contributed by atoms with Crippen molar-refractivity contribution >= 4 is 61.0 Å². The van der Waals surface area contributed by atoms with Crippen LogP contribution in [0.4, 0.5) is 16.2 Å². The van der Waals surface area contributed by atoms with E-state index in [1.807, 2.05) is 0 Å². The van der Waals surface area contributed by atoms with Crippen LogP contribution in [0, 0.1) is 11.3 Å². The van der Waals surface area contributed by atoms with Crippen LogP contribution in [-0.2, 0) is 32.0 Å². The fourth-order valence-corrected chi connectivity index (χ4v) is 9.30. The minimum absolute atomic E-state index is 0.117. The first kappa shape index (κ1) is 30.3. The number of nitrogens with two attached hydrogens (primary N) is 2. The highest BCUT2D eigenvalue weighted by Gasteiger charge is 2.74. The van der Waals surface area contributed by atoms with Gasteiger partial charge in [0.1, 0.15) is 36.3 Å². The summed E-state index contributed by atoms with van der Waals surface area (Å²) in [6.45, 7) is -5.62. The molecule has 6 heterocycles. The molecule has 8 rings (SSSR count). The Balaban J connectivity index is 1.14. The minimum atomic E-state index is -5.09. The summed E-state index contributed by atoms with van der Waals surface area (Å²) in [4.78, 5) is 45.8. The predicted octanol–water partition coefficient (Wildman–Crippen LogP) is 0.237. The number of alkyl halides is 1. The maximum atomic E-state index is 15.9. The number of hydrogen-bond acceptors (Lipinski definition) is 16. The number of nitrogen functional groups attached to an aromatic ring is 2. The number of imidazole rings is 2. The van der Waals surface area contributed by atoms with Gasteiger partial charge in [0.15, 0.2) is 35.0 Å². The highest BCUT2D eigenvalue weighted by atomic mass is 32.7. The summed E-state index contributed by atoms with van der Waals surface area (Å²) in [5, 5.41) is 11.5. The molecule has 2 saturated carbocycles. The van der Waals surface area contributed by atoms with Crippen LogP contribution in [0.25, 0.3) is 22.3 Å². The van der Waals surface area contributed by atoms with Crippen LogP contribution in [0.5, 0.6) is 0 Å². The molecule has 4 aliphatic rings. The third-order valence-corrected chi connectivity index (χ3v) is 11.5. The second-order valence-electron chi connectivity index (χ2n) is 11.5. The molecular formula is C22H25FN10O10P2S. The summed E-state index contributed by atoms with van der Waals surface area (Å²) in [5.74, 6) is -0.623. The number of fused-ring (bicyclic) bond motifs is 4. The average molecular weight is 703 g/mol. The third-order valence-electron chi connectivity index (χ3n) is 8.91. The van der Waals surface area contributed by atoms with Gasteiger partial charge in [-0.05, 0) is 12.3 Å². The highest BCUT2D eigenvalue weighted by Crippen LogP contribution is 2.73.